The van der Waals surface area contributed by atoms with Gasteiger partial charge in [-0.15, -0.1) is 0 Å². The van der Waals surface area contributed by atoms with E-state index in [1.165, 1.54) is 12.1 Å². The molecular weight excluding hydrogens is 365 g/mol. The zero-order valence-electron chi connectivity index (χ0n) is 16.2. The molecule has 150 valence electrons. The molecule has 1 atom stereocenters. The van der Waals surface area contributed by atoms with Crippen molar-refractivity contribution < 1.29 is 18.0 Å². The maximum absolute atomic E-state index is 12.9. The number of hydrogen-bond donors (Lipinski definition) is 0. The summed E-state index contributed by atoms with van der Waals surface area (Å²) < 4.78 is 38.7. The van der Waals surface area contributed by atoms with Gasteiger partial charge in [0.15, 0.2) is 5.78 Å². The highest BCUT2D eigenvalue weighted by atomic mass is 19.4. The summed E-state index contributed by atoms with van der Waals surface area (Å²) in [5.41, 5.74) is 1.92. The largest absolute Gasteiger partial charge is 0.416 e. The lowest BCUT2D eigenvalue weighted by molar-refractivity contribution is -0.137. The standard InChI is InChI=1S/C22H25F3N2O/c1-16(14-18-4-3-5-20(15-18)22(23,24)25)26-10-12-27(13-11-26)21-8-6-19(7-9-21)17(2)28/h3-9,15-16H,10-14H2,1-2H3. The molecule has 1 heterocycles. The van der Waals surface area contributed by atoms with Crippen molar-refractivity contribution in [2.45, 2.75) is 32.5 Å². The van der Waals surface area contributed by atoms with Gasteiger partial charge in [0, 0.05) is 43.5 Å². The van der Waals surface area contributed by atoms with Crippen LogP contribution in [0.25, 0.3) is 0 Å². The van der Waals surface area contributed by atoms with Gasteiger partial charge in [0.25, 0.3) is 0 Å². The van der Waals surface area contributed by atoms with Crippen LogP contribution in [0.4, 0.5) is 18.9 Å². The van der Waals surface area contributed by atoms with Crippen molar-refractivity contribution in [3.63, 3.8) is 0 Å². The minimum atomic E-state index is -4.30. The molecule has 0 radical (unpaired) electrons. The van der Waals surface area contributed by atoms with E-state index < -0.39 is 11.7 Å². The van der Waals surface area contributed by atoms with Gasteiger partial charge in [-0.3, -0.25) is 9.69 Å². The second-order valence-corrected chi connectivity index (χ2v) is 7.38. The lowest BCUT2D eigenvalue weighted by Gasteiger charge is -2.39. The lowest BCUT2D eigenvalue weighted by atomic mass is 10.0. The number of hydrogen-bond acceptors (Lipinski definition) is 3. The van der Waals surface area contributed by atoms with E-state index >= 15 is 0 Å². The summed E-state index contributed by atoms with van der Waals surface area (Å²) in [6, 6.07) is 13.4. The first-order valence-corrected chi connectivity index (χ1v) is 9.50. The van der Waals surface area contributed by atoms with E-state index in [4.69, 9.17) is 0 Å². The van der Waals surface area contributed by atoms with Gasteiger partial charge in [0.2, 0.25) is 0 Å². The van der Waals surface area contributed by atoms with Crippen LogP contribution in [-0.4, -0.2) is 42.9 Å². The first-order valence-electron chi connectivity index (χ1n) is 9.50. The third kappa shape index (κ3) is 4.93. The zero-order valence-corrected chi connectivity index (χ0v) is 16.2. The van der Waals surface area contributed by atoms with Crippen molar-refractivity contribution in [2.24, 2.45) is 0 Å². The second kappa shape index (κ2) is 8.35. The van der Waals surface area contributed by atoms with Crippen molar-refractivity contribution in [1.29, 1.82) is 0 Å². The molecule has 1 unspecified atom stereocenters. The van der Waals surface area contributed by atoms with Crippen LogP contribution in [0, 0.1) is 0 Å². The van der Waals surface area contributed by atoms with Gasteiger partial charge in [-0.05, 0) is 56.2 Å². The molecule has 0 spiro atoms. The Hall–Kier alpha value is -2.34. The van der Waals surface area contributed by atoms with Gasteiger partial charge >= 0.3 is 6.18 Å². The minimum Gasteiger partial charge on any atom is -0.369 e. The molecule has 2 aromatic carbocycles. The monoisotopic (exact) mass is 390 g/mol. The second-order valence-electron chi connectivity index (χ2n) is 7.38. The molecule has 1 fully saturated rings. The summed E-state index contributed by atoms with van der Waals surface area (Å²) in [5.74, 6) is 0.0554. The molecule has 3 rings (SSSR count). The van der Waals surface area contributed by atoms with Crippen molar-refractivity contribution in [1.82, 2.24) is 4.90 Å². The molecule has 1 aliphatic rings. The van der Waals surface area contributed by atoms with Gasteiger partial charge in [-0.1, -0.05) is 18.2 Å². The van der Waals surface area contributed by atoms with Gasteiger partial charge < -0.3 is 4.90 Å². The lowest BCUT2D eigenvalue weighted by Crippen LogP contribution is -2.50. The summed E-state index contributed by atoms with van der Waals surface area (Å²) in [4.78, 5) is 16.0. The fraction of sp³-hybridized carbons (Fsp3) is 0.409. The summed E-state index contributed by atoms with van der Waals surface area (Å²) >= 11 is 0. The van der Waals surface area contributed by atoms with Gasteiger partial charge in [-0.2, -0.15) is 13.2 Å². The van der Waals surface area contributed by atoms with E-state index in [1.807, 2.05) is 24.3 Å². The van der Waals surface area contributed by atoms with Gasteiger partial charge in [0.05, 0.1) is 5.56 Å². The van der Waals surface area contributed by atoms with Crippen molar-refractivity contribution >= 4 is 11.5 Å². The predicted octanol–water partition coefficient (Wildman–Crippen LogP) is 4.66. The van der Waals surface area contributed by atoms with E-state index in [9.17, 15) is 18.0 Å². The highest BCUT2D eigenvalue weighted by molar-refractivity contribution is 5.94. The fourth-order valence-corrected chi connectivity index (χ4v) is 3.67. The number of rotatable bonds is 5. The molecular formula is C22H25F3N2O. The van der Waals surface area contributed by atoms with Crippen LogP contribution in [0.15, 0.2) is 48.5 Å². The highest BCUT2D eigenvalue weighted by Crippen LogP contribution is 2.30. The van der Waals surface area contributed by atoms with Crippen molar-refractivity contribution in [3.8, 4) is 0 Å². The molecule has 28 heavy (non-hydrogen) atoms. The number of carbonyl (C=O) groups is 1. The van der Waals surface area contributed by atoms with E-state index in [-0.39, 0.29) is 11.8 Å². The van der Waals surface area contributed by atoms with Crippen LogP contribution in [0.3, 0.4) is 0 Å². The van der Waals surface area contributed by atoms with Gasteiger partial charge in [-0.25, -0.2) is 0 Å². The number of carbonyl (C=O) groups excluding carboxylic acids is 1. The molecule has 0 aromatic heterocycles. The first-order chi connectivity index (χ1) is 13.2. The summed E-state index contributed by atoms with van der Waals surface area (Å²) in [6.45, 7) is 7.04. The molecule has 0 saturated carbocycles. The molecule has 3 nitrogen and oxygen atoms in total. The Morgan fingerprint density at radius 1 is 1.04 bits per heavy atom. The van der Waals surface area contributed by atoms with Crippen LogP contribution in [-0.2, 0) is 12.6 Å². The van der Waals surface area contributed by atoms with Gasteiger partial charge in [0.1, 0.15) is 0 Å². The average Bonchev–Trinajstić information content (AvgIpc) is 2.68. The first kappa shape index (κ1) is 20.4. The number of piperazine rings is 1. The number of ketones is 1. The smallest absolute Gasteiger partial charge is 0.369 e. The van der Waals surface area contributed by atoms with Crippen LogP contribution in [0.5, 0.6) is 0 Å². The summed E-state index contributed by atoms with van der Waals surface area (Å²) in [5, 5.41) is 0. The zero-order chi connectivity index (χ0) is 20.3. The Labute approximate surface area is 163 Å². The topological polar surface area (TPSA) is 23.6 Å². The van der Waals surface area contributed by atoms with Crippen LogP contribution < -0.4 is 4.90 Å². The van der Waals surface area contributed by atoms with E-state index in [0.717, 1.165) is 37.9 Å². The summed E-state index contributed by atoms with van der Waals surface area (Å²) in [7, 11) is 0. The molecule has 0 bridgehead atoms. The molecule has 0 N–H and O–H groups in total. The number of Topliss-reactive ketones (excluding diaryl/α,β-unsaturated/α-hetero) is 1. The number of halogens is 3. The van der Waals surface area contributed by atoms with Crippen molar-refractivity contribution in [2.75, 3.05) is 31.1 Å². The Balaban J connectivity index is 1.56. The fourth-order valence-electron chi connectivity index (χ4n) is 3.67. The van der Waals surface area contributed by atoms with Crippen LogP contribution >= 0.6 is 0 Å². The predicted molar refractivity (Wildman–Crippen MR) is 105 cm³/mol. The quantitative estimate of drug-likeness (QED) is 0.694. The van der Waals surface area contributed by atoms with E-state index in [0.29, 0.717) is 17.5 Å². The van der Waals surface area contributed by atoms with Crippen LogP contribution in [0.2, 0.25) is 0 Å². The molecule has 1 saturated heterocycles. The summed E-state index contributed by atoms with van der Waals surface area (Å²) in [6.07, 6.45) is -3.71. The average molecular weight is 390 g/mol. The Kier molecular flexibility index (Phi) is 6.08. The molecule has 6 heteroatoms. The molecule has 2 aromatic rings. The molecule has 0 aliphatic carbocycles. The number of benzene rings is 2. The highest BCUT2D eigenvalue weighted by Gasteiger charge is 2.30. The maximum Gasteiger partial charge on any atom is 0.416 e. The third-order valence-corrected chi connectivity index (χ3v) is 5.36. The van der Waals surface area contributed by atoms with Crippen LogP contribution in [0.1, 0.15) is 35.3 Å². The Bertz CT molecular complexity index is 809. The number of alkyl halides is 3. The van der Waals surface area contributed by atoms with E-state index in [2.05, 4.69) is 16.7 Å². The Morgan fingerprint density at radius 3 is 2.25 bits per heavy atom. The normalized spacial score (nSPS) is 16.8. The molecule has 1 aliphatic heterocycles. The number of nitrogens with zero attached hydrogens (tertiary/aromatic N) is 2. The third-order valence-electron chi connectivity index (χ3n) is 5.36. The SMILES string of the molecule is CC(=O)c1ccc(N2CCN(C(C)Cc3cccc(C(F)(F)F)c3)CC2)cc1. The Morgan fingerprint density at radius 2 is 1.68 bits per heavy atom. The van der Waals surface area contributed by atoms with E-state index in [1.54, 1.807) is 13.0 Å². The maximum atomic E-state index is 12.9. The number of anilines is 1. The molecule has 0 amide bonds. The minimum absolute atomic E-state index is 0.0554. The van der Waals surface area contributed by atoms with Crippen molar-refractivity contribution in [3.05, 3.63) is 65.2 Å².